The van der Waals surface area contributed by atoms with E-state index in [4.69, 9.17) is 0 Å². The van der Waals surface area contributed by atoms with Gasteiger partial charge in [-0.05, 0) is 25.7 Å². The Morgan fingerprint density at radius 3 is 1.36 bits per heavy atom. The van der Waals surface area contributed by atoms with Gasteiger partial charge in [0, 0.05) is 11.9 Å². The maximum absolute atomic E-state index is 9.77. The molecule has 0 aromatic carbocycles. The number of unbranched alkanes of at least 4 members (excludes halogenated alkanes) is 1. The van der Waals surface area contributed by atoms with Gasteiger partial charge in [-0.25, -0.2) is 0 Å². The maximum Gasteiger partial charge on any atom is 2.00 e. The summed E-state index contributed by atoms with van der Waals surface area (Å²) in [6.07, 6.45) is 0.535. The second kappa shape index (κ2) is 8.52. The van der Waals surface area contributed by atoms with Crippen LogP contribution in [0.25, 0.3) is 0 Å². The van der Waals surface area contributed by atoms with Crippen LogP contribution in [0.3, 0.4) is 0 Å². The molecular weight excluding hydrogens is 224 g/mol. The minimum Gasteiger partial charge on any atom is -0.550 e. The summed E-state index contributed by atoms with van der Waals surface area (Å²) in [6, 6.07) is 0. The zero-order valence-electron chi connectivity index (χ0n) is 6.17. The molecule has 0 saturated heterocycles. The fraction of sp³-hybridized carbons (Fsp3) is 0.667. The van der Waals surface area contributed by atoms with Gasteiger partial charge >= 0.3 is 45.5 Å². The average molecular weight is 232 g/mol. The third kappa shape index (κ3) is 13.4. The molecule has 0 aliphatic carbocycles. The first-order valence-electron chi connectivity index (χ1n) is 3.02. The molecule has 0 heterocycles. The number of carboxylic acids is 2. The first-order chi connectivity index (χ1) is 4.63. The minimum atomic E-state index is -1.14. The molecule has 11 heavy (non-hydrogen) atoms. The zero-order chi connectivity index (χ0) is 7.98. The number of aliphatic carboxylic acids is 2. The van der Waals surface area contributed by atoms with E-state index in [-0.39, 0.29) is 58.3 Å². The summed E-state index contributed by atoms with van der Waals surface area (Å²) in [6.45, 7) is 0. The molecule has 0 rings (SSSR count). The van der Waals surface area contributed by atoms with Gasteiger partial charge in [0.1, 0.15) is 0 Å². The SMILES string of the molecule is O=C([O-])CCCCC(=O)[O-].[Sr+2]. The number of carbonyl (C=O) groups is 2. The fourth-order valence-corrected chi connectivity index (χ4v) is 0.539. The molecule has 4 nitrogen and oxygen atoms in total. The average Bonchev–Trinajstić information content (AvgIpc) is 1.79. The van der Waals surface area contributed by atoms with Gasteiger partial charge in [0.2, 0.25) is 0 Å². The number of hydrogen-bond donors (Lipinski definition) is 0. The number of carbonyl (C=O) groups excluding carboxylic acids is 2. The van der Waals surface area contributed by atoms with E-state index in [1.165, 1.54) is 0 Å². The summed E-state index contributed by atoms with van der Waals surface area (Å²) in [5.74, 6) is -2.28. The van der Waals surface area contributed by atoms with Crippen molar-refractivity contribution >= 4 is 57.4 Å². The zero-order valence-corrected chi connectivity index (χ0v) is 9.64. The molecule has 0 radical (unpaired) electrons. The molecule has 0 unspecified atom stereocenters. The second-order valence-corrected chi connectivity index (χ2v) is 1.95. The van der Waals surface area contributed by atoms with E-state index in [2.05, 4.69) is 0 Å². The molecule has 0 N–H and O–H groups in total. The topological polar surface area (TPSA) is 80.3 Å². The maximum atomic E-state index is 9.77. The van der Waals surface area contributed by atoms with Crippen molar-refractivity contribution in [1.29, 1.82) is 0 Å². The van der Waals surface area contributed by atoms with E-state index in [9.17, 15) is 19.8 Å². The normalized spacial score (nSPS) is 8.36. The second-order valence-electron chi connectivity index (χ2n) is 1.95. The Labute approximate surface area is 102 Å². The fourth-order valence-electron chi connectivity index (χ4n) is 0.539. The molecule has 0 aliphatic heterocycles. The van der Waals surface area contributed by atoms with Crippen molar-refractivity contribution in [1.82, 2.24) is 0 Å². The summed E-state index contributed by atoms with van der Waals surface area (Å²) in [7, 11) is 0. The molecule has 5 heteroatoms. The molecule has 58 valence electrons. The molecule has 0 aromatic heterocycles. The summed E-state index contributed by atoms with van der Waals surface area (Å²) >= 11 is 0. The van der Waals surface area contributed by atoms with Crippen LogP contribution >= 0.6 is 0 Å². The molecule has 0 aliphatic rings. The third-order valence-corrected chi connectivity index (χ3v) is 1.01. The number of hydrogen-bond acceptors (Lipinski definition) is 4. The predicted octanol–water partition coefficient (Wildman–Crippen LogP) is -2.33. The Morgan fingerprint density at radius 2 is 1.18 bits per heavy atom. The summed E-state index contributed by atoms with van der Waals surface area (Å²) in [5, 5.41) is 19.5. The van der Waals surface area contributed by atoms with Gasteiger partial charge in [-0.3, -0.25) is 0 Å². The number of carboxylic acid groups (broad SMARTS) is 2. The van der Waals surface area contributed by atoms with Crippen LogP contribution in [-0.2, 0) is 9.59 Å². The summed E-state index contributed by atoms with van der Waals surface area (Å²) in [5.41, 5.74) is 0. The van der Waals surface area contributed by atoms with Crippen molar-refractivity contribution < 1.29 is 19.8 Å². The Balaban J connectivity index is 0. The van der Waals surface area contributed by atoms with Gasteiger partial charge in [-0.15, -0.1) is 0 Å². The van der Waals surface area contributed by atoms with Crippen molar-refractivity contribution in [2.24, 2.45) is 0 Å². The predicted molar refractivity (Wildman–Crippen MR) is 34.2 cm³/mol. The Kier molecular flexibility index (Phi) is 10.8. The molecule has 0 fully saturated rings. The van der Waals surface area contributed by atoms with Crippen LogP contribution in [0.2, 0.25) is 0 Å². The van der Waals surface area contributed by atoms with E-state index >= 15 is 0 Å². The van der Waals surface area contributed by atoms with Gasteiger partial charge < -0.3 is 19.8 Å². The quantitative estimate of drug-likeness (QED) is 0.393. The van der Waals surface area contributed by atoms with Crippen LogP contribution < -0.4 is 10.2 Å². The largest absolute Gasteiger partial charge is 2.00 e. The van der Waals surface area contributed by atoms with Crippen molar-refractivity contribution in [2.75, 3.05) is 0 Å². The van der Waals surface area contributed by atoms with Crippen LogP contribution in [0, 0.1) is 0 Å². The van der Waals surface area contributed by atoms with E-state index < -0.39 is 11.9 Å². The molecule has 0 spiro atoms. The van der Waals surface area contributed by atoms with Gasteiger partial charge in [0.05, 0.1) is 0 Å². The van der Waals surface area contributed by atoms with Gasteiger partial charge in [0.25, 0.3) is 0 Å². The Bertz CT molecular complexity index is 119. The van der Waals surface area contributed by atoms with Gasteiger partial charge in [-0.1, -0.05) is 0 Å². The van der Waals surface area contributed by atoms with E-state index in [0.717, 1.165) is 0 Å². The molecule has 0 saturated carbocycles. The summed E-state index contributed by atoms with van der Waals surface area (Å²) in [4.78, 5) is 19.5. The monoisotopic (exact) mass is 232 g/mol. The first kappa shape index (κ1) is 14.0. The van der Waals surface area contributed by atoms with Crippen molar-refractivity contribution in [2.45, 2.75) is 25.7 Å². The molecule has 0 amide bonds. The van der Waals surface area contributed by atoms with Gasteiger partial charge in [0.15, 0.2) is 0 Å². The van der Waals surface area contributed by atoms with Crippen LogP contribution in [0.15, 0.2) is 0 Å². The molecule has 0 atom stereocenters. The Hall–Kier alpha value is 0.421. The van der Waals surface area contributed by atoms with Crippen LogP contribution in [0.4, 0.5) is 0 Å². The van der Waals surface area contributed by atoms with Crippen molar-refractivity contribution in [3.05, 3.63) is 0 Å². The third-order valence-electron chi connectivity index (χ3n) is 1.01. The van der Waals surface area contributed by atoms with Crippen LogP contribution in [0.5, 0.6) is 0 Å². The first-order valence-corrected chi connectivity index (χ1v) is 3.02. The van der Waals surface area contributed by atoms with E-state index in [1.54, 1.807) is 0 Å². The van der Waals surface area contributed by atoms with Crippen molar-refractivity contribution in [3.8, 4) is 0 Å². The summed E-state index contributed by atoms with van der Waals surface area (Å²) < 4.78 is 0. The van der Waals surface area contributed by atoms with Crippen molar-refractivity contribution in [3.63, 3.8) is 0 Å². The van der Waals surface area contributed by atoms with Crippen LogP contribution in [0.1, 0.15) is 25.7 Å². The molecule has 0 bridgehead atoms. The van der Waals surface area contributed by atoms with E-state index in [1.807, 2.05) is 0 Å². The van der Waals surface area contributed by atoms with Gasteiger partial charge in [-0.2, -0.15) is 0 Å². The Morgan fingerprint density at radius 1 is 0.909 bits per heavy atom. The molecule has 0 aromatic rings. The van der Waals surface area contributed by atoms with Crippen LogP contribution in [-0.4, -0.2) is 57.4 Å². The smallest absolute Gasteiger partial charge is 0.550 e. The minimum absolute atomic E-state index is 0. The standard InChI is InChI=1S/C6H10O4.Sr/c7-5(8)3-1-2-4-6(9)10;/h1-4H2,(H,7,8)(H,9,10);/q;+2/p-2. The molecular formula is C6H8O4Sr. The number of rotatable bonds is 5. The van der Waals surface area contributed by atoms with E-state index in [0.29, 0.717) is 12.8 Å².